The molecule has 0 saturated carbocycles. The number of allylic oxidation sites excluding steroid dienone is 1. The van der Waals surface area contributed by atoms with Crippen molar-refractivity contribution in [2.45, 2.75) is 13.0 Å². The number of hydrogen-bond acceptors (Lipinski definition) is 4. The zero-order valence-electron chi connectivity index (χ0n) is 11.8. The van der Waals surface area contributed by atoms with E-state index < -0.39 is 10.9 Å². The molecule has 2 rings (SSSR count). The van der Waals surface area contributed by atoms with Crippen LogP contribution in [0.15, 0.2) is 66.7 Å². The van der Waals surface area contributed by atoms with Crippen LogP contribution < -0.4 is 0 Å². The zero-order valence-corrected chi connectivity index (χ0v) is 11.8. The van der Waals surface area contributed by atoms with Crippen molar-refractivity contribution in [1.29, 1.82) is 0 Å². The maximum atomic E-state index is 11.6. The molecule has 112 valence electrons. The number of ether oxygens (including phenoxy) is 1. The van der Waals surface area contributed by atoms with E-state index in [4.69, 9.17) is 4.74 Å². The Kier molecular flexibility index (Phi) is 5.43. The molecule has 0 aliphatic heterocycles. The van der Waals surface area contributed by atoms with E-state index in [1.54, 1.807) is 18.2 Å². The minimum atomic E-state index is -0.470. The summed E-state index contributed by atoms with van der Waals surface area (Å²) in [5.74, 6) is -0.436. The Morgan fingerprint density at radius 2 is 1.73 bits per heavy atom. The highest BCUT2D eigenvalue weighted by molar-refractivity contribution is 5.81. The number of benzene rings is 2. The van der Waals surface area contributed by atoms with Crippen LogP contribution in [0.3, 0.4) is 0 Å². The fraction of sp³-hybridized carbons (Fsp3) is 0.118. The van der Waals surface area contributed by atoms with Gasteiger partial charge in [-0.25, -0.2) is 4.79 Å². The number of nitro groups is 1. The topological polar surface area (TPSA) is 69.4 Å². The number of non-ortho nitro benzene ring substituents is 1. The molecule has 2 aromatic rings. The fourth-order valence-corrected chi connectivity index (χ4v) is 1.82. The smallest absolute Gasteiger partial charge is 0.330 e. The van der Waals surface area contributed by atoms with Gasteiger partial charge in [0.2, 0.25) is 0 Å². The number of nitro benzene ring substituents is 1. The van der Waals surface area contributed by atoms with E-state index in [1.165, 1.54) is 18.2 Å². The summed E-state index contributed by atoms with van der Waals surface area (Å²) in [4.78, 5) is 21.6. The largest absolute Gasteiger partial charge is 0.458 e. The summed E-state index contributed by atoms with van der Waals surface area (Å²) in [6.45, 7) is 0.0898. The molecule has 0 radical (unpaired) electrons. The van der Waals surface area contributed by atoms with Gasteiger partial charge in [-0.1, -0.05) is 36.4 Å². The van der Waals surface area contributed by atoms with Gasteiger partial charge in [-0.2, -0.15) is 0 Å². The van der Waals surface area contributed by atoms with Crippen molar-refractivity contribution in [2.75, 3.05) is 0 Å². The third kappa shape index (κ3) is 4.86. The molecule has 0 bridgehead atoms. The monoisotopic (exact) mass is 297 g/mol. The molecule has 0 aliphatic carbocycles. The normalized spacial score (nSPS) is 10.5. The van der Waals surface area contributed by atoms with Crippen LogP contribution in [-0.2, 0) is 22.6 Å². The average Bonchev–Trinajstić information content (AvgIpc) is 2.54. The molecular formula is C17H15NO4. The molecule has 0 aliphatic rings. The van der Waals surface area contributed by atoms with Crippen LogP contribution in [0, 0.1) is 10.1 Å². The van der Waals surface area contributed by atoms with Crippen molar-refractivity contribution in [2.24, 2.45) is 0 Å². The quantitative estimate of drug-likeness (QED) is 0.354. The van der Waals surface area contributed by atoms with Crippen LogP contribution in [0.1, 0.15) is 11.1 Å². The van der Waals surface area contributed by atoms with Crippen LogP contribution in [0.2, 0.25) is 0 Å². The van der Waals surface area contributed by atoms with Crippen LogP contribution in [0.4, 0.5) is 5.69 Å². The first kappa shape index (κ1) is 15.4. The molecule has 5 nitrogen and oxygen atoms in total. The third-order valence-electron chi connectivity index (χ3n) is 2.98. The fourth-order valence-electron chi connectivity index (χ4n) is 1.82. The Bertz CT molecular complexity index is 663. The number of carbonyl (C=O) groups is 1. The first-order valence-corrected chi connectivity index (χ1v) is 6.76. The highest BCUT2D eigenvalue weighted by Crippen LogP contribution is 2.12. The van der Waals surface area contributed by atoms with Crippen LogP contribution in [0.5, 0.6) is 0 Å². The van der Waals surface area contributed by atoms with Gasteiger partial charge in [-0.3, -0.25) is 10.1 Å². The van der Waals surface area contributed by atoms with E-state index in [0.29, 0.717) is 12.0 Å². The standard InChI is InChI=1S/C17H15NO4/c19-17(8-4-7-14-5-2-1-3-6-14)22-13-15-9-11-16(12-10-15)18(20)21/h1-6,8-12H,7,13H2. The highest BCUT2D eigenvalue weighted by atomic mass is 16.6. The number of esters is 1. The van der Waals surface area contributed by atoms with Gasteiger partial charge in [-0.15, -0.1) is 0 Å². The van der Waals surface area contributed by atoms with Gasteiger partial charge < -0.3 is 4.74 Å². The van der Waals surface area contributed by atoms with Crippen molar-refractivity contribution in [3.05, 3.63) is 88.0 Å². The molecule has 0 aromatic heterocycles. The van der Waals surface area contributed by atoms with E-state index in [2.05, 4.69) is 0 Å². The second-order valence-corrected chi connectivity index (χ2v) is 4.62. The SMILES string of the molecule is O=C(C=CCc1ccccc1)OCc1ccc([N+](=O)[O-])cc1. The lowest BCUT2D eigenvalue weighted by atomic mass is 10.1. The first-order chi connectivity index (χ1) is 10.6. The Morgan fingerprint density at radius 1 is 1.05 bits per heavy atom. The minimum absolute atomic E-state index is 0.0119. The molecule has 2 aromatic carbocycles. The van der Waals surface area contributed by atoms with E-state index in [9.17, 15) is 14.9 Å². The van der Waals surface area contributed by atoms with Gasteiger partial charge in [0.1, 0.15) is 6.61 Å². The molecule has 0 fully saturated rings. The van der Waals surface area contributed by atoms with Crippen LogP contribution in [0.25, 0.3) is 0 Å². The molecular weight excluding hydrogens is 282 g/mol. The van der Waals surface area contributed by atoms with Gasteiger partial charge in [0, 0.05) is 18.2 Å². The Balaban J connectivity index is 1.78. The summed E-state index contributed by atoms with van der Waals surface area (Å²) in [5.41, 5.74) is 1.83. The van der Waals surface area contributed by atoms with Gasteiger partial charge >= 0.3 is 5.97 Å². The van der Waals surface area contributed by atoms with Crippen molar-refractivity contribution in [3.63, 3.8) is 0 Å². The molecule has 0 amide bonds. The molecule has 0 spiro atoms. The number of hydrogen-bond donors (Lipinski definition) is 0. The van der Waals surface area contributed by atoms with Gasteiger partial charge in [0.15, 0.2) is 0 Å². The second-order valence-electron chi connectivity index (χ2n) is 4.62. The maximum absolute atomic E-state index is 11.6. The number of carbonyl (C=O) groups excluding carboxylic acids is 1. The van der Waals surface area contributed by atoms with Crippen LogP contribution in [-0.4, -0.2) is 10.9 Å². The zero-order chi connectivity index (χ0) is 15.8. The summed E-state index contributed by atoms with van der Waals surface area (Å²) in [7, 11) is 0. The molecule has 5 heteroatoms. The van der Waals surface area contributed by atoms with Crippen molar-refractivity contribution >= 4 is 11.7 Å². The van der Waals surface area contributed by atoms with E-state index >= 15 is 0 Å². The highest BCUT2D eigenvalue weighted by Gasteiger charge is 2.04. The predicted octanol–water partition coefficient (Wildman–Crippen LogP) is 3.44. The Labute approximate surface area is 128 Å². The lowest BCUT2D eigenvalue weighted by Crippen LogP contribution is -2.01. The predicted molar refractivity (Wildman–Crippen MR) is 82.2 cm³/mol. The summed E-state index contributed by atoms with van der Waals surface area (Å²) in [6, 6.07) is 15.7. The summed E-state index contributed by atoms with van der Waals surface area (Å²) >= 11 is 0. The van der Waals surface area contributed by atoms with Crippen LogP contribution >= 0.6 is 0 Å². The molecule has 0 unspecified atom stereocenters. The maximum Gasteiger partial charge on any atom is 0.330 e. The van der Waals surface area contributed by atoms with Crippen molar-refractivity contribution < 1.29 is 14.5 Å². The summed E-state index contributed by atoms with van der Waals surface area (Å²) < 4.78 is 5.07. The van der Waals surface area contributed by atoms with Gasteiger partial charge in [0.05, 0.1) is 4.92 Å². The second kappa shape index (κ2) is 7.73. The molecule has 0 atom stereocenters. The third-order valence-corrected chi connectivity index (χ3v) is 2.98. The Morgan fingerprint density at radius 3 is 2.36 bits per heavy atom. The molecule has 0 N–H and O–H groups in total. The van der Waals surface area contributed by atoms with Gasteiger partial charge in [0.25, 0.3) is 5.69 Å². The van der Waals surface area contributed by atoms with E-state index in [-0.39, 0.29) is 12.3 Å². The molecule has 0 saturated heterocycles. The van der Waals surface area contributed by atoms with Crippen molar-refractivity contribution in [3.8, 4) is 0 Å². The lowest BCUT2D eigenvalue weighted by Gasteiger charge is -2.02. The lowest BCUT2D eigenvalue weighted by molar-refractivity contribution is -0.384. The summed E-state index contributed by atoms with van der Waals surface area (Å²) in [6.07, 6.45) is 3.79. The van der Waals surface area contributed by atoms with Crippen molar-refractivity contribution in [1.82, 2.24) is 0 Å². The van der Waals surface area contributed by atoms with E-state index in [0.717, 1.165) is 5.56 Å². The minimum Gasteiger partial charge on any atom is -0.458 e. The van der Waals surface area contributed by atoms with E-state index in [1.807, 2.05) is 30.3 Å². The summed E-state index contributed by atoms with van der Waals surface area (Å²) in [5, 5.41) is 10.5. The van der Waals surface area contributed by atoms with Gasteiger partial charge in [-0.05, 0) is 29.7 Å². The average molecular weight is 297 g/mol. The Hall–Kier alpha value is -2.95. The first-order valence-electron chi connectivity index (χ1n) is 6.76. The number of rotatable bonds is 6. The molecule has 0 heterocycles. The molecule has 22 heavy (non-hydrogen) atoms. The number of nitrogens with zero attached hydrogens (tertiary/aromatic N) is 1.